The molecule has 0 radical (unpaired) electrons. The van der Waals surface area contributed by atoms with Crippen LogP contribution in [-0.2, 0) is 24.5 Å². The summed E-state index contributed by atoms with van der Waals surface area (Å²) in [5, 5.41) is 1.23. The molecule has 0 N–H and O–H groups in total. The Balaban J connectivity index is 4.57. The van der Waals surface area contributed by atoms with Crippen molar-refractivity contribution < 1.29 is 21.6 Å². The van der Waals surface area contributed by atoms with Gasteiger partial charge in [-0.05, 0) is 0 Å². The van der Waals surface area contributed by atoms with E-state index in [1.165, 1.54) is 0 Å². The molecule has 0 aliphatic heterocycles. The fourth-order valence-corrected chi connectivity index (χ4v) is 2.07. The molecule has 0 aromatic carbocycles. The van der Waals surface area contributed by atoms with E-state index in [4.69, 9.17) is 0 Å². The summed E-state index contributed by atoms with van der Waals surface area (Å²) in [5.74, 6) is -2.59. The Bertz CT molecular complexity index is 398. The zero-order chi connectivity index (χ0) is 11.4. The van der Waals surface area contributed by atoms with E-state index in [0.717, 1.165) is 0 Å². The SMILES string of the molecule is C=CS(=O)(=O)CC(=O)CS(=O)(=O)C=C. The third kappa shape index (κ3) is 4.93. The highest BCUT2D eigenvalue weighted by Gasteiger charge is 2.18. The predicted molar refractivity (Wildman–Crippen MR) is 53.0 cm³/mol. The van der Waals surface area contributed by atoms with Gasteiger partial charge < -0.3 is 0 Å². The largest absolute Gasteiger partial charge is 0.297 e. The Labute approximate surface area is 83.0 Å². The van der Waals surface area contributed by atoms with Crippen molar-refractivity contribution in [3.05, 3.63) is 24.0 Å². The number of Topliss-reactive ketones (excluding diaryl/α,β-unsaturated/α-hetero) is 1. The lowest BCUT2D eigenvalue weighted by Crippen LogP contribution is -2.21. The fourth-order valence-electron chi connectivity index (χ4n) is 0.608. The molecule has 0 rings (SSSR count). The van der Waals surface area contributed by atoms with E-state index in [0.29, 0.717) is 10.8 Å². The molecule has 0 bridgehead atoms. The van der Waals surface area contributed by atoms with E-state index in [1.54, 1.807) is 0 Å². The number of hydrogen-bond donors (Lipinski definition) is 0. The molecule has 0 heterocycles. The molecule has 0 amide bonds. The first-order valence-corrected chi connectivity index (χ1v) is 6.87. The van der Waals surface area contributed by atoms with E-state index >= 15 is 0 Å². The van der Waals surface area contributed by atoms with Crippen molar-refractivity contribution in [1.82, 2.24) is 0 Å². The highest BCUT2D eigenvalue weighted by molar-refractivity contribution is 7.96. The number of carbonyl (C=O) groups is 1. The van der Waals surface area contributed by atoms with Gasteiger partial charge in [-0.15, -0.1) is 0 Å². The van der Waals surface area contributed by atoms with Crippen LogP contribution in [-0.4, -0.2) is 34.1 Å². The van der Waals surface area contributed by atoms with E-state index in [2.05, 4.69) is 13.2 Å². The Kier molecular flexibility index (Phi) is 4.21. The second-order valence-corrected chi connectivity index (χ2v) is 6.38. The van der Waals surface area contributed by atoms with Gasteiger partial charge in [0.05, 0.1) is 0 Å². The minimum atomic E-state index is -3.68. The molecule has 0 saturated heterocycles. The first kappa shape index (κ1) is 13.1. The Morgan fingerprint density at radius 1 is 0.929 bits per heavy atom. The van der Waals surface area contributed by atoms with E-state index in [9.17, 15) is 21.6 Å². The lowest BCUT2D eigenvalue weighted by Gasteiger charge is -1.97. The minimum Gasteiger partial charge on any atom is -0.297 e. The number of ketones is 1. The van der Waals surface area contributed by atoms with E-state index in [-0.39, 0.29) is 0 Å². The van der Waals surface area contributed by atoms with Gasteiger partial charge in [0.2, 0.25) is 0 Å². The number of hydrogen-bond acceptors (Lipinski definition) is 5. The molecule has 0 unspecified atom stereocenters. The molecule has 14 heavy (non-hydrogen) atoms. The second-order valence-electron chi connectivity index (χ2n) is 2.49. The highest BCUT2D eigenvalue weighted by atomic mass is 32.2. The maximum Gasteiger partial charge on any atom is 0.178 e. The van der Waals surface area contributed by atoms with Crippen molar-refractivity contribution in [2.75, 3.05) is 11.5 Å². The second kappa shape index (κ2) is 4.52. The van der Waals surface area contributed by atoms with Gasteiger partial charge in [-0.3, -0.25) is 4.79 Å². The van der Waals surface area contributed by atoms with Crippen molar-refractivity contribution in [3.63, 3.8) is 0 Å². The van der Waals surface area contributed by atoms with Crippen molar-refractivity contribution in [2.24, 2.45) is 0 Å². The first-order chi connectivity index (χ1) is 6.22. The molecule has 0 aliphatic carbocycles. The van der Waals surface area contributed by atoms with Gasteiger partial charge in [0, 0.05) is 10.8 Å². The van der Waals surface area contributed by atoms with Crippen LogP contribution < -0.4 is 0 Å². The summed E-state index contributed by atoms with van der Waals surface area (Å²) in [6, 6.07) is 0. The third-order valence-corrected chi connectivity index (χ3v) is 3.70. The molecule has 80 valence electrons. The lowest BCUT2D eigenvalue weighted by molar-refractivity contribution is -0.114. The van der Waals surface area contributed by atoms with Gasteiger partial charge in [-0.1, -0.05) is 13.2 Å². The van der Waals surface area contributed by atoms with E-state index in [1.807, 2.05) is 0 Å². The summed E-state index contributed by atoms with van der Waals surface area (Å²) >= 11 is 0. The smallest absolute Gasteiger partial charge is 0.178 e. The third-order valence-electron chi connectivity index (χ3n) is 1.23. The topological polar surface area (TPSA) is 85.3 Å². The molecule has 5 nitrogen and oxygen atoms in total. The van der Waals surface area contributed by atoms with Gasteiger partial charge in [0.15, 0.2) is 25.5 Å². The molecule has 0 saturated carbocycles. The molecular weight excluding hydrogens is 228 g/mol. The van der Waals surface area contributed by atoms with Crippen molar-refractivity contribution in [1.29, 1.82) is 0 Å². The maximum atomic E-state index is 10.9. The lowest BCUT2D eigenvalue weighted by atomic mass is 10.5. The van der Waals surface area contributed by atoms with E-state index < -0.39 is 37.0 Å². The molecule has 0 fully saturated rings. The number of sulfone groups is 2. The van der Waals surface area contributed by atoms with Crippen LogP contribution in [0.4, 0.5) is 0 Å². The summed E-state index contributed by atoms with van der Waals surface area (Å²) in [6.07, 6.45) is 0. The first-order valence-electron chi connectivity index (χ1n) is 3.44. The molecule has 0 aliphatic rings. The molecule has 0 atom stereocenters. The molecule has 0 spiro atoms. The van der Waals surface area contributed by atoms with Crippen LogP contribution in [0.2, 0.25) is 0 Å². The average Bonchev–Trinajstić information content (AvgIpc) is 2.02. The van der Waals surface area contributed by atoms with Gasteiger partial charge >= 0.3 is 0 Å². The van der Waals surface area contributed by atoms with Crippen LogP contribution in [0.25, 0.3) is 0 Å². The van der Waals surface area contributed by atoms with Gasteiger partial charge in [0.25, 0.3) is 0 Å². The van der Waals surface area contributed by atoms with Gasteiger partial charge in [-0.2, -0.15) is 0 Å². The van der Waals surface area contributed by atoms with Crippen molar-refractivity contribution >= 4 is 25.5 Å². The Hall–Kier alpha value is -0.950. The predicted octanol–water partition coefficient (Wildman–Crippen LogP) is -0.328. The summed E-state index contributed by atoms with van der Waals surface area (Å²) in [5.41, 5.74) is 0. The molecule has 0 aromatic rings. The van der Waals surface area contributed by atoms with Crippen LogP contribution in [0.15, 0.2) is 24.0 Å². The zero-order valence-corrected chi connectivity index (χ0v) is 8.97. The quantitative estimate of drug-likeness (QED) is 0.632. The average molecular weight is 238 g/mol. The van der Waals surface area contributed by atoms with Crippen LogP contribution in [0.1, 0.15) is 0 Å². The summed E-state index contributed by atoms with van der Waals surface area (Å²) in [6.45, 7) is 5.98. The van der Waals surface area contributed by atoms with Crippen LogP contribution in [0.5, 0.6) is 0 Å². The molecular formula is C7H10O5S2. The Morgan fingerprint density at radius 2 is 1.21 bits per heavy atom. The van der Waals surface area contributed by atoms with Gasteiger partial charge in [0.1, 0.15) is 11.5 Å². The van der Waals surface area contributed by atoms with Crippen LogP contribution in [0, 0.1) is 0 Å². The molecule has 7 heteroatoms. The van der Waals surface area contributed by atoms with Gasteiger partial charge in [-0.25, -0.2) is 16.8 Å². The summed E-state index contributed by atoms with van der Waals surface area (Å²) < 4.78 is 43.3. The van der Waals surface area contributed by atoms with Crippen LogP contribution in [0.3, 0.4) is 0 Å². The van der Waals surface area contributed by atoms with Crippen molar-refractivity contribution in [2.45, 2.75) is 0 Å². The number of carbonyl (C=O) groups excluding carboxylic acids is 1. The zero-order valence-electron chi connectivity index (χ0n) is 7.34. The maximum absolute atomic E-state index is 10.9. The Morgan fingerprint density at radius 3 is 1.43 bits per heavy atom. The summed E-state index contributed by atoms with van der Waals surface area (Å²) in [7, 11) is -7.37. The molecule has 0 aromatic heterocycles. The summed E-state index contributed by atoms with van der Waals surface area (Å²) in [4.78, 5) is 10.9. The fraction of sp³-hybridized carbons (Fsp3) is 0.286. The highest BCUT2D eigenvalue weighted by Crippen LogP contribution is 1.96. The van der Waals surface area contributed by atoms with Crippen molar-refractivity contribution in [3.8, 4) is 0 Å². The normalized spacial score (nSPS) is 12.0. The van der Waals surface area contributed by atoms with Crippen LogP contribution >= 0.6 is 0 Å². The standard InChI is InChI=1S/C7H10O5S2/c1-3-13(9,10)5-7(8)6-14(11,12)4-2/h3-4H,1-2,5-6H2. The minimum absolute atomic E-state index is 0.616. The monoisotopic (exact) mass is 238 g/mol. The number of rotatable bonds is 6.